The maximum atomic E-state index is 11.4. The van der Waals surface area contributed by atoms with Crippen molar-refractivity contribution in [1.29, 1.82) is 0 Å². The van der Waals surface area contributed by atoms with Crippen LogP contribution in [-0.4, -0.2) is 45.0 Å². The van der Waals surface area contributed by atoms with Gasteiger partial charge in [0.05, 0.1) is 0 Å². The van der Waals surface area contributed by atoms with E-state index in [0.29, 0.717) is 5.92 Å². The summed E-state index contributed by atoms with van der Waals surface area (Å²) in [6.45, 7) is 12.3. The summed E-state index contributed by atoms with van der Waals surface area (Å²) in [5.74, 6) is 1.74. The number of aryl methyl sites for hydroxylation is 4. The van der Waals surface area contributed by atoms with Crippen LogP contribution in [0.1, 0.15) is 74.5 Å². The first-order chi connectivity index (χ1) is 16.4. The lowest BCUT2D eigenvalue weighted by Crippen LogP contribution is -2.34. The van der Waals surface area contributed by atoms with Crippen LogP contribution in [0.15, 0.2) is 30.3 Å². The normalized spacial score (nSPS) is 15.2. The summed E-state index contributed by atoms with van der Waals surface area (Å²) in [5, 5.41) is 2.91. The zero-order valence-electron chi connectivity index (χ0n) is 21.2. The Labute approximate surface area is 203 Å². The van der Waals surface area contributed by atoms with Crippen molar-refractivity contribution in [2.24, 2.45) is 0 Å². The number of anilines is 1. The summed E-state index contributed by atoms with van der Waals surface area (Å²) >= 11 is 0. The number of aromatic nitrogens is 3. The van der Waals surface area contributed by atoms with Gasteiger partial charge < -0.3 is 14.8 Å². The first kappa shape index (κ1) is 24.4. The minimum atomic E-state index is -0.0176. The Bertz CT molecular complexity index is 1130. The van der Waals surface area contributed by atoms with Gasteiger partial charge in [-0.1, -0.05) is 25.5 Å². The molecule has 6 nitrogen and oxygen atoms in total. The quantitative estimate of drug-likeness (QED) is 0.449. The van der Waals surface area contributed by atoms with Crippen LogP contribution in [0.2, 0.25) is 0 Å². The van der Waals surface area contributed by atoms with Crippen LogP contribution >= 0.6 is 0 Å². The molecule has 3 heterocycles. The van der Waals surface area contributed by atoms with E-state index in [2.05, 4.69) is 59.8 Å². The monoisotopic (exact) mass is 461 g/mol. The molecule has 0 radical (unpaired) electrons. The number of imidazole rings is 1. The topological polar surface area (TPSA) is 63.1 Å². The number of piperidine rings is 1. The third-order valence-electron chi connectivity index (χ3n) is 6.98. The van der Waals surface area contributed by atoms with Gasteiger partial charge in [-0.3, -0.25) is 4.79 Å². The average Bonchev–Trinajstić information content (AvgIpc) is 3.15. The molecule has 1 aliphatic rings. The summed E-state index contributed by atoms with van der Waals surface area (Å²) in [5.41, 5.74) is 6.66. The van der Waals surface area contributed by atoms with E-state index in [1.165, 1.54) is 36.2 Å². The Balaban J connectivity index is 1.35. The number of nitrogens with zero attached hydrogens (tertiary/aromatic N) is 4. The average molecular weight is 462 g/mol. The van der Waals surface area contributed by atoms with Crippen LogP contribution in [0, 0.1) is 13.8 Å². The van der Waals surface area contributed by atoms with Crippen LogP contribution in [-0.2, 0) is 17.8 Å². The second-order valence-electron chi connectivity index (χ2n) is 9.81. The molecule has 4 rings (SSSR count). The fourth-order valence-corrected chi connectivity index (χ4v) is 5.23. The Hall–Kier alpha value is -2.73. The minimum absolute atomic E-state index is 0.0176. The highest BCUT2D eigenvalue weighted by atomic mass is 16.1. The van der Waals surface area contributed by atoms with E-state index in [1.807, 2.05) is 6.07 Å². The molecule has 1 aliphatic heterocycles. The van der Waals surface area contributed by atoms with Gasteiger partial charge in [0.15, 0.2) is 5.65 Å². The number of hydrogen-bond donors (Lipinski definition) is 1. The molecule has 1 aromatic carbocycles. The number of rotatable bonds is 9. The lowest BCUT2D eigenvalue weighted by atomic mass is 9.89. The van der Waals surface area contributed by atoms with Gasteiger partial charge in [-0.05, 0) is 94.4 Å². The maximum Gasteiger partial charge on any atom is 0.221 e. The zero-order valence-corrected chi connectivity index (χ0v) is 21.2. The molecule has 1 amide bonds. The number of carbonyl (C=O) groups is 1. The van der Waals surface area contributed by atoms with Gasteiger partial charge in [-0.15, -0.1) is 0 Å². The number of fused-ring (bicyclic) bond motifs is 1. The highest BCUT2D eigenvalue weighted by molar-refractivity contribution is 5.88. The number of nitrogens with one attached hydrogen (secondary N) is 1. The number of likely N-dealkylation sites (tertiary alicyclic amines) is 1. The minimum Gasteiger partial charge on any atom is -0.326 e. The van der Waals surface area contributed by atoms with Crippen molar-refractivity contribution in [1.82, 2.24) is 19.4 Å². The van der Waals surface area contributed by atoms with Gasteiger partial charge >= 0.3 is 0 Å². The van der Waals surface area contributed by atoms with Crippen molar-refractivity contribution < 1.29 is 4.79 Å². The van der Waals surface area contributed by atoms with E-state index in [-0.39, 0.29) is 5.91 Å². The number of carbonyl (C=O) groups excluding carboxylic acids is 1. The van der Waals surface area contributed by atoms with E-state index >= 15 is 0 Å². The van der Waals surface area contributed by atoms with Gasteiger partial charge in [0.1, 0.15) is 11.3 Å². The van der Waals surface area contributed by atoms with Crippen LogP contribution in [0.4, 0.5) is 5.69 Å². The molecule has 1 saturated heterocycles. The third kappa shape index (κ3) is 5.84. The molecule has 0 unspecified atom stereocenters. The number of amides is 1. The van der Waals surface area contributed by atoms with E-state index in [4.69, 9.17) is 9.97 Å². The van der Waals surface area contributed by atoms with E-state index in [1.54, 1.807) is 6.92 Å². The van der Waals surface area contributed by atoms with Crippen molar-refractivity contribution >= 4 is 22.8 Å². The van der Waals surface area contributed by atoms with E-state index in [0.717, 1.165) is 68.0 Å². The van der Waals surface area contributed by atoms with Gasteiger partial charge in [-0.25, -0.2) is 9.97 Å². The molecule has 0 atom stereocenters. The van der Waals surface area contributed by atoms with Crippen molar-refractivity contribution in [2.45, 2.75) is 78.7 Å². The predicted molar refractivity (Wildman–Crippen MR) is 139 cm³/mol. The molecule has 0 saturated carbocycles. The first-order valence-electron chi connectivity index (χ1n) is 12.9. The molecule has 1 fully saturated rings. The summed E-state index contributed by atoms with van der Waals surface area (Å²) < 4.78 is 2.38. The van der Waals surface area contributed by atoms with Gasteiger partial charge in [0, 0.05) is 31.3 Å². The second-order valence-corrected chi connectivity index (χ2v) is 9.81. The Morgan fingerprint density at radius 2 is 1.88 bits per heavy atom. The smallest absolute Gasteiger partial charge is 0.221 e. The fraction of sp³-hybridized carbons (Fsp3) is 0.536. The standard InChI is InChI=1S/C28H39N5O/c1-5-6-11-26-31-27-20(2)18-21(3)29-28(27)33(26)15-8-14-32-16-12-23(13-17-32)24-9-7-10-25(19-24)30-22(4)34/h7,9-10,18-19,23H,5-6,8,11-17H2,1-4H3,(H,30,34). The molecule has 6 heteroatoms. The molecular weight excluding hydrogens is 422 g/mol. The second kappa shape index (κ2) is 11.1. The number of benzene rings is 1. The number of pyridine rings is 1. The molecule has 1 N–H and O–H groups in total. The molecule has 3 aromatic rings. The Kier molecular flexibility index (Phi) is 7.99. The summed E-state index contributed by atoms with van der Waals surface area (Å²) in [6.07, 6.45) is 6.81. The Morgan fingerprint density at radius 1 is 1.09 bits per heavy atom. The lowest BCUT2D eigenvalue weighted by Gasteiger charge is -2.32. The van der Waals surface area contributed by atoms with Crippen molar-refractivity contribution in [2.75, 3.05) is 25.0 Å². The molecule has 0 bridgehead atoms. The van der Waals surface area contributed by atoms with Crippen molar-refractivity contribution in [3.05, 3.63) is 53.0 Å². The fourth-order valence-electron chi connectivity index (χ4n) is 5.23. The van der Waals surface area contributed by atoms with E-state index in [9.17, 15) is 4.79 Å². The summed E-state index contributed by atoms with van der Waals surface area (Å²) in [6, 6.07) is 10.5. The van der Waals surface area contributed by atoms with Crippen LogP contribution in [0.25, 0.3) is 11.2 Å². The maximum absolute atomic E-state index is 11.4. The first-order valence-corrected chi connectivity index (χ1v) is 12.9. The predicted octanol–water partition coefficient (Wildman–Crippen LogP) is 5.62. The zero-order chi connectivity index (χ0) is 24.1. The molecular formula is C28H39N5O. The summed E-state index contributed by atoms with van der Waals surface area (Å²) in [4.78, 5) is 23.8. The van der Waals surface area contributed by atoms with Crippen molar-refractivity contribution in [3.8, 4) is 0 Å². The van der Waals surface area contributed by atoms with Crippen LogP contribution < -0.4 is 5.32 Å². The molecule has 0 aliphatic carbocycles. The van der Waals surface area contributed by atoms with Gasteiger partial charge in [-0.2, -0.15) is 0 Å². The molecule has 2 aromatic heterocycles. The van der Waals surface area contributed by atoms with Gasteiger partial charge in [0.2, 0.25) is 5.91 Å². The van der Waals surface area contributed by atoms with Crippen LogP contribution in [0.3, 0.4) is 0 Å². The SMILES string of the molecule is CCCCc1nc2c(C)cc(C)nc2n1CCCN1CCC(c2cccc(NC(C)=O)c2)CC1. The van der Waals surface area contributed by atoms with Crippen LogP contribution in [0.5, 0.6) is 0 Å². The lowest BCUT2D eigenvalue weighted by molar-refractivity contribution is -0.114. The summed E-state index contributed by atoms with van der Waals surface area (Å²) in [7, 11) is 0. The highest BCUT2D eigenvalue weighted by Gasteiger charge is 2.21. The number of unbranched alkanes of at least 4 members (excludes halogenated alkanes) is 1. The van der Waals surface area contributed by atoms with Crippen molar-refractivity contribution in [3.63, 3.8) is 0 Å². The van der Waals surface area contributed by atoms with E-state index < -0.39 is 0 Å². The highest BCUT2D eigenvalue weighted by Crippen LogP contribution is 2.30. The van der Waals surface area contributed by atoms with Gasteiger partial charge in [0.25, 0.3) is 0 Å². The molecule has 182 valence electrons. The molecule has 0 spiro atoms. The Morgan fingerprint density at radius 3 is 2.62 bits per heavy atom. The number of hydrogen-bond acceptors (Lipinski definition) is 4. The molecule has 34 heavy (non-hydrogen) atoms. The largest absolute Gasteiger partial charge is 0.326 e. The third-order valence-corrected chi connectivity index (χ3v) is 6.98.